The summed E-state index contributed by atoms with van der Waals surface area (Å²) in [5.74, 6) is 0.958. The lowest BCUT2D eigenvalue weighted by Gasteiger charge is -2.22. The zero-order chi connectivity index (χ0) is 25.0. The molecule has 10 nitrogen and oxygen atoms in total. The molecule has 0 bridgehead atoms. The number of furan rings is 1. The predicted molar refractivity (Wildman–Crippen MR) is 131 cm³/mol. The molecule has 0 saturated heterocycles. The summed E-state index contributed by atoms with van der Waals surface area (Å²) in [7, 11) is -6.28. The first-order chi connectivity index (χ1) is 15.8. The van der Waals surface area contributed by atoms with Crippen molar-refractivity contribution in [2.24, 2.45) is 10.3 Å². The summed E-state index contributed by atoms with van der Waals surface area (Å²) in [6.07, 6.45) is 1.57. The van der Waals surface area contributed by atoms with Crippen LogP contribution in [0.25, 0.3) is 0 Å². The van der Waals surface area contributed by atoms with Gasteiger partial charge < -0.3 is 20.2 Å². The van der Waals surface area contributed by atoms with Crippen LogP contribution in [0.1, 0.15) is 49.8 Å². The van der Waals surface area contributed by atoms with Gasteiger partial charge in [-0.05, 0) is 44.2 Å². The van der Waals surface area contributed by atoms with E-state index in [2.05, 4.69) is 15.0 Å². The summed E-state index contributed by atoms with van der Waals surface area (Å²) in [6, 6.07) is 1.49. The number of nitrogens with one attached hydrogen (secondary N) is 2. The van der Waals surface area contributed by atoms with E-state index in [4.69, 9.17) is 4.42 Å². The van der Waals surface area contributed by atoms with E-state index in [1.807, 2.05) is 33.8 Å². The fraction of sp³-hybridized carbons (Fsp3) is 0.476. The van der Waals surface area contributed by atoms with Gasteiger partial charge in [-0.3, -0.25) is 0 Å². The van der Waals surface area contributed by atoms with E-state index in [1.165, 1.54) is 16.7 Å². The number of sulfonamides is 2. The Hall–Kier alpha value is -2.35. The molecule has 0 spiro atoms. The molecule has 1 atom stereocenters. The number of amidine groups is 1. The lowest BCUT2D eigenvalue weighted by Crippen LogP contribution is -2.30. The Balaban J connectivity index is 1.61. The third-order valence-electron chi connectivity index (χ3n) is 5.87. The Labute approximate surface area is 203 Å². The average Bonchev–Trinajstić information content (AvgIpc) is 3.36. The van der Waals surface area contributed by atoms with Gasteiger partial charge >= 0.3 is 0 Å². The zero-order valence-corrected chi connectivity index (χ0v) is 21.9. The monoisotopic (exact) mass is 528 g/mol. The van der Waals surface area contributed by atoms with Crippen LogP contribution in [0.2, 0.25) is 0 Å². The number of rotatable bonds is 8. The molecular formula is C21H28N4O6S3. The molecule has 13 heteroatoms. The third kappa shape index (κ3) is 4.74. The molecule has 1 fully saturated rings. The van der Waals surface area contributed by atoms with Crippen molar-refractivity contribution in [3.8, 4) is 5.75 Å². The summed E-state index contributed by atoms with van der Waals surface area (Å²) in [5, 5.41) is 19.1. The highest BCUT2D eigenvalue weighted by Gasteiger charge is 2.38. The van der Waals surface area contributed by atoms with Crippen molar-refractivity contribution in [3.63, 3.8) is 0 Å². The molecule has 3 heterocycles. The van der Waals surface area contributed by atoms with E-state index >= 15 is 0 Å². The maximum absolute atomic E-state index is 12.8. The molecule has 0 unspecified atom stereocenters. The summed E-state index contributed by atoms with van der Waals surface area (Å²) in [5.41, 5.74) is 1.23. The van der Waals surface area contributed by atoms with E-state index in [0.717, 1.165) is 40.9 Å². The van der Waals surface area contributed by atoms with E-state index < -0.39 is 25.8 Å². The number of aromatic hydroxyl groups is 1. The minimum Gasteiger partial charge on any atom is -0.504 e. The number of aryl methyl sites for hydroxylation is 2. The smallest absolute Gasteiger partial charge is 0.279 e. The summed E-state index contributed by atoms with van der Waals surface area (Å²) >= 11 is 0.860. The Bertz CT molecular complexity index is 1360. The molecule has 1 aliphatic heterocycles. The van der Waals surface area contributed by atoms with Gasteiger partial charge in [0.25, 0.3) is 20.0 Å². The van der Waals surface area contributed by atoms with Crippen molar-refractivity contribution in [1.82, 2.24) is 9.62 Å². The second-order valence-corrected chi connectivity index (χ2v) is 13.4. The van der Waals surface area contributed by atoms with Gasteiger partial charge in [-0.15, -0.1) is 15.7 Å². The number of hydrogen-bond donors (Lipinski definition) is 3. The van der Waals surface area contributed by atoms with Crippen LogP contribution in [-0.2, 0) is 20.0 Å². The average molecular weight is 529 g/mol. The first kappa shape index (κ1) is 24.8. The van der Waals surface area contributed by atoms with Crippen LogP contribution in [0, 0.1) is 19.8 Å². The third-order valence-corrected chi connectivity index (χ3v) is 10.2. The van der Waals surface area contributed by atoms with Gasteiger partial charge in [0.05, 0.1) is 22.8 Å². The zero-order valence-electron chi connectivity index (χ0n) is 19.5. The molecule has 186 valence electrons. The normalized spacial score (nSPS) is 18.8. The molecule has 2 aliphatic rings. The Morgan fingerprint density at radius 1 is 1.29 bits per heavy atom. The van der Waals surface area contributed by atoms with Crippen molar-refractivity contribution >= 4 is 42.9 Å². The first-order valence-corrected chi connectivity index (χ1v) is 14.6. The fourth-order valence-corrected chi connectivity index (χ4v) is 7.34. The molecule has 4 rings (SSSR count). The van der Waals surface area contributed by atoms with E-state index in [1.54, 1.807) is 0 Å². The van der Waals surface area contributed by atoms with Gasteiger partial charge in [-0.1, -0.05) is 13.8 Å². The lowest BCUT2D eigenvalue weighted by molar-refractivity contribution is 0.357. The Morgan fingerprint density at radius 2 is 1.97 bits per heavy atom. The SMILES string of the molecule is Cc1cc([C@H](NC2=CS(=O)(=O)N=C2Nc2csc(S(=O)(=O)N(C)C3CC3)c2O)C(C)C)oc1C. The molecule has 2 aromatic rings. The highest BCUT2D eigenvalue weighted by Crippen LogP contribution is 2.42. The van der Waals surface area contributed by atoms with E-state index in [0.29, 0.717) is 5.76 Å². The van der Waals surface area contributed by atoms with E-state index in [9.17, 15) is 21.9 Å². The predicted octanol–water partition coefficient (Wildman–Crippen LogP) is 3.43. The Morgan fingerprint density at radius 3 is 2.53 bits per heavy atom. The number of anilines is 1. The largest absolute Gasteiger partial charge is 0.504 e. The molecule has 1 aliphatic carbocycles. The van der Waals surface area contributed by atoms with Crippen LogP contribution in [0.4, 0.5) is 5.69 Å². The van der Waals surface area contributed by atoms with Gasteiger partial charge in [0, 0.05) is 18.5 Å². The van der Waals surface area contributed by atoms with E-state index in [-0.39, 0.29) is 39.4 Å². The van der Waals surface area contributed by atoms with Crippen molar-refractivity contribution in [1.29, 1.82) is 0 Å². The second-order valence-electron chi connectivity index (χ2n) is 8.90. The minimum atomic E-state index is -3.91. The fourth-order valence-electron chi connectivity index (χ4n) is 3.59. The molecule has 0 radical (unpaired) electrons. The molecule has 1 saturated carbocycles. The van der Waals surface area contributed by atoms with Crippen LogP contribution in [0.3, 0.4) is 0 Å². The standard InChI is InChI=1S/C21H28N4O6S3/c1-11(2)18(17-8-12(3)13(4)31-17)22-16-10-33(27,28)24-20(16)23-15-9-32-21(19(15)26)34(29,30)25(5)14-6-7-14/h8-11,14,18,22,26H,6-7H2,1-5H3,(H,23,24)/t18-/m1/s1. The lowest BCUT2D eigenvalue weighted by atomic mass is 10.0. The maximum atomic E-state index is 12.8. The molecule has 34 heavy (non-hydrogen) atoms. The van der Waals surface area contributed by atoms with Gasteiger partial charge in [-0.25, -0.2) is 8.42 Å². The van der Waals surface area contributed by atoms with Crippen molar-refractivity contribution in [2.45, 2.75) is 56.8 Å². The van der Waals surface area contributed by atoms with Crippen LogP contribution in [-0.4, -0.2) is 45.2 Å². The van der Waals surface area contributed by atoms with Gasteiger partial charge in [0.15, 0.2) is 15.8 Å². The number of nitrogens with zero attached hydrogens (tertiary/aromatic N) is 2. The number of thiophene rings is 1. The van der Waals surface area contributed by atoms with Crippen LogP contribution >= 0.6 is 11.3 Å². The number of hydrogen-bond acceptors (Lipinski definition) is 9. The molecule has 0 aromatic carbocycles. The molecular weight excluding hydrogens is 500 g/mol. The maximum Gasteiger partial charge on any atom is 0.279 e. The summed E-state index contributed by atoms with van der Waals surface area (Å²) in [6.45, 7) is 7.73. The van der Waals surface area contributed by atoms with Gasteiger partial charge in [-0.2, -0.15) is 12.7 Å². The van der Waals surface area contributed by atoms with Crippen molar-refractivity contribution < 1.29 is 26.4 Å². The van der Waals surface area contributed by atoms with Gasteiger partial charge in [0.1, 0.15) is 11.5 Å². The first-order valence-electron chi connectivity index (χ1n) is 10.8. The van der Waals surface area contributed by atoms with Crippen molar-refractivity contribution in [2.75, 3.05) is 12.4 Å². The molecule has 3 N–H and O–H groups in total. The second kappa shape index (κ2) is 8.70. The van der Waals surface area contributed by atoms with Crippen LogP contribution in [0.5, 0.6) is 5.75 Å². The highest BCUT2D eigenvalue weighted by molar-refractivity contribution is 7.93. The Kier molecular flexibility index (Phi) is 6.34. The molecule has 0 amide bonds. The topological polar surface area (TPSA) is 141 Å². The van der Waals surface area contributed by atoms with Gasteiger partial charge in [0.2, 0.25) is 0 Å². The molecule has 2 aromatic heterocycles. The van der Waals surface area contributed by atoms with Crippen molar-refractivity contribution in [3.05, 3.63) is 39.6 Å². The minimum absolute atomic E-state index is 0.0414. The highest BCUT2D eigenvalue weighted by atomic mass is 32.2. The van der Waals surface area contributed by atoms with Crippen LogP contribution < -0.4 is 10.6 Å². The quantitative estimate of drug-likeness (QED) is 0.473. The van der Waals surface area contributed by atoms with Crippen LogP contribution in [0.15, 0.2) is 35.6 Å². The summed E-state index contributed by atoms with van der Waals surface area (Å²) in [4.78, 5) is 0. The summed E-state index contributed by atoms with van der Waals surface area (Å²) < 4.78 is 60.9.